The fourth-order valence-corrected chi connectivity index (χ4v) is 12.8. The lowest BCUT2D eigenvalue weighted by molar-refractivity contribution is -0.268. The largest absolute Gasteiger partial charge is 0.508 e. The van der Waals surface area contributed by atoms with Gasteiger partial charge in [0.1, 0.15) is 23.7 Å². The summed E-state index contributed by atoms with van der Waals surface area (Å²) in [6, 6.07) is 11.5. The lowest BCUT2D eigenvalue weighted by Gasteiger charge is -2.71. The maximum atomic E-state index is 13.8. The number of aliphatic carboxylic acids is 1. The van der Waals surface area contributed by atoms with Crippen molar-refractivity contribution in [3.63, 3.8) is 0 Å². The molecular formula is C44H56O9. The lowest BCUT2D eigenvalue weighted by Crippen LogP contribution is -2.72. The number of phenolic OH excluding ortho intramolecular Hbond substituents is 2. The molecule has 9 heteroatoms. The van der Waals surface area contributed by atoms with Crippen LogP contribution < -0.4 is 0 Å². The quantitative estimate of drug-likeness (QED) is 0.176. The van der Waals surface area contributed by atoms with Crippen molar-refractivity contribution >= 4 is 17.9 Å². The lowest BCUT2D eigenvalue weighted by atomic mass is 9.34. The molecule has 2 aromatic rings. The van der Waals surface area contributed by atoms with Gasteiger partial charge in [-0.1, -0.05) is 60.1 Å². The minimum Gasteiger partial charge on any atom is -0.508 e. The number of aliphatic hydroxyl groups is 1. The number of fused-ring (bicyclic) bond motifs is 7. The van der Waals surface area contributed by atoms with E-state index in [0.29, 0.717) is 12.8 Å². The highest BCUT2D eigenvalue weighted by atomic mass is 16.6. The molecule has 5 aliphatic rings. The van der Waals surface area contributed by atoms with Crippen LogP contribution in [0.3, 0.4) is 0 Å². The Hall–Kier alpha value is -3.85. The Labute approximate surface area is 312 Å². The van der Waals surface area contributed by atoms with E-state index >= 15 is 0 Å². The van der Waals surface area contributed by atoms with Gasteiger partial charge in [-0.05, 0) is 134 Å². The maximum Gasteiger partial charge on any atom is 0.338 e. The van der Waals surface area contributed by atoms with Gasteiger partial charge in [-0.25, -0.2) is 9.59 Å². The highest BCUT2D eigenvalue weighted by molar-refractivity contribution is 5.90. The Kier molecular flexibility index (Phi) is 8.72. The predicted molar refractivity (Wildman–Crippen MR) is 198 cm³/mol. The molecule has 0 aliphatic heterocycles. The topological polar surface area (TPSA) is 151 Å². The third-order valence-electron chi connectivity index (χ3n) is 15.5. The van der Waals surface area contributed by atoms with Gasteiger partial charge in [0.2, 0.25) is 0 Å². The number of hydrogen-bond donors (Lipinski definition) is 4. The molecular weight excluding hydrogens is 672 g/mol. The fraction of sp³-hybridized carbons (Fsp3) is 0.614. The van der Waals surface area contributed by atoms with E-state index in [2.05, 4.69) is 40.7 Å². The molecule has 10 atom stereocenters. The summed E-state index contributed by atoms with van der Waals surface area (Å²) in [5, 5.41) is 43.3. The molecule has 0 unspecified atom stereocenters. The summed E-state index contributed by atoms with van der Waals surface area (Å²) in [5.41, 5.74) is -1.19. The molecule has 4 saturated carbocycles. The standard InChI is InChI=1S/C44H56O9/c1-39(2)22-23-44(38(50)51)21-18-30-41(5)19-16-29-40(3,4)35(53-37(49)26-10-14-28(46)15-11-26)33(52-36(48)25-8-12-27(45)13-9-25)34(47)43(29,7)31(41)17-20-42(30,6)32(44)24-39/h8-15,18,29,31-35,45-47H,16-17,19-24H2,1-7H3,(H,50,51)/t29-,31-,32-,33+,34+,35-,41-,42+,43-,44+/m0/s1. The van der Waals surface area contributed by atoms with Crippen molar-refractivity contribution in [3.8, 4) is 11.5 Å². The zero-order valence-corrected chi connectivity index (χ0v) is 32.1. The van der Waals surface area contributed by atoms with Gasteiger partial charge in [-0.2, -0.15) is 0 Å². The van der Waals surface area contributed by atoms with E-state index in [1.807, 2.05) is 13.8 Å². The van der Waals surface area contributed by atoms with E-state index < -0.39 is 52.5 Å². The van der Waals surface area contributed by atoms with Crippen LogP contribution in [0, 0.1) is 50.2 Å². The number of ether oxygens (including phenoxy) is 2. The summed E-state index contributed by atoms with van der Waals surface area (Å²) in [7, 11) is 0. The number of rotatable bonds is 5. The van der Waals surface area contributed by atoms with E-state index in [1.54, 1.807) is 0 Å². The van der Waals surface area contributed by atoms with Gasteiger partial charge in [0.25, 0.3) is 0 Å². The highest BCUT2D eigenvalue weighted by Gasteiger charge is 2.72. The van der Waals surface area contributed by atoms with Crippen LogP contribution in [0.1, 0.15) is 121 Å². The molecule has 9 nitrogen and oxygen atoms in total. The number of phenols is 2. The van der Waals surface area contributed by atoms with Crippen molar-refractivity contribution in [2.75, 3.05) is 0 Å². The van der Waals surface area contributed by atoms with E-state index in [4.69, 9.17) is 9.47 Å². The average molecular weight is 729 g/mol. The van der Waals surface area contributed by atoms with Gasteiger partial charge in [-0.15, -0.1) is 0 Å². The molecule has 0 heterocycles. The highest BCUT2D eigenvalue weighted by Crippen LogP contribution is 2.75. The average Bonchev–Trinajstić information content (AvgIpc) is 3.09. The monoisotopic (exact) mass is 728 g/mol. The van der Waals surface area contributed by atoms with Crippen LogP contribution in [0.2, 0.25) is 0 Å². The van der Waals surface area contributed by atoms with Crippen molar-refractivity contribution in [2.24, 2.45) is 50.2 Å². The molecule has 2 aromatic carbocycles. The summed E-state index contributed by atoms with van der Waals surface area (Å²) in [4.78, 5) is 40.6. The Bertz CT molecular complexity index is 1830. The Morgan fingerprint density at radius 3 is 1.74 bits per heavy atom. The molecule has 0 aromatic heterocycles. The molecule has 0 saturated heterocycles. The van der Waals surface area contributed by atoms with Crippen LogP contribution in [0.4, 0.5) is 0 Å². The third-order valence-corrected chi connectivity index (χ3v) is 15.5. The first-order valence-electron chi connectivity index (χ1n) is 19.3. The number of hydrogen-bond acceptors (Lipinski definition) is 8. The van der Waals surface area contributed by atoms with E-state index in [9.17, 15) is 34.8 Å². The number of aromatic hydroxyl groups is 2. The maximum absolute atomic E-state index is 13.8. The van der Waals surface area contributed by atoms with Crippen molar-refractivity contribution < 1.29 is 44.3 Å². The van der Waals surface area contributed by atoms with Crippen molar-refractivity contribution in [1.82, 2.24) is 0 Å². The van der Waals surface area contributed by atoms with Crippen LogP contribution in [0.15, 0.2) is 60.2 Å². The first-order chi connectivity index (χ1) is 24.7. The normalized spacial score (nSPS) is 39.5. The number of carboxylic acids is 1. The first kappa shape index (κ1) is 37.5. The number of benzene rings is 2. The van der Waals surface area contributed by atoms with Gasteiger partial charge >= 0.3 is 17.9 Å². The molecule has 4 fully saturated rings. The summed E-state index contributed by atoms with van der Waals surface area (Å²) in [6.07, 6.45) is 4.88. The second-order valence-corrected chi connectivity index (χ2v) is 19.1. The third kappa shape index (κ3) is 5.53. The van der Waals surface area contributed by atoms with Gasteiger partial charge < -0.3 is 29.9 Å². The molecule has 53 heavy (non-hydrogen) atoms. The summed E-state index contributed by atoms with van der Waals surface area (Å²) in [6.45, 7) is 15.4. The first-order valence-corrected chi connectivity index (χ1v) is 19.3. The van der Waals surface area contributed by atoms with Crippen LogP contribution in [-0.4, -0.2) is 56.6 Å². The van der Waals surface area contributed by atoms with Gasteiger partial charge in [0, 0.05) is 10.8 Å². The van der Waals surface area contributed by atoms with Crippen molar-refractivity contribution in [3.05, 3.63) is 71.3 Å². The second kappa shape index (κ2) is 12.3. The summed E-state index contributed by atoms with van der Waals surface area (Å²) < 4.78 is 12.5. The number of carbonyl (C=O) groups is 3. The SMILES string of the molecule is CC1(C)CC[C@]2(C(=O)O)CC=C3[C@]4(C)CC[C@H]5C(C)(C)[C@@H](OC(=O)c6ccc(O)cc6)[C@H](OC(=O)c6ccc(O)cc6)[C@@H](O)[C@]5(C)[C@H]4CC[C@@]3(C)[C@@H]2C1. The number of aliphatic hydroxyl groups excluding tert-OH is 1. The molecule has 286 valence electrons. The van der Waals surface area contributed by atoms with Crippen LogP contribution >= 0.6 is 0 Å². The predicted octanol–water partition coefficient (Wildman–Crippen LogP) is 8.32. The zero-order chi connectivity index (χ0) is 38.5. The Morgan fingerprint density at radius 2 is 1.19 bits per heavy atom. The summed E-state index contributed by atoms with van der Waals surface area (Å²) in [5.74, 6) is -2.19. The van der Waals surface area contributed by atoms with Gasteiger partial charge in [-0.3, -0.25) is 4.79 Å². The minimum atomic E-state index is -1.22. The molecule has 0 amide bonds. The van der Waals surface area contributed by atoms with E-state index in [1.165, 1.54) is 54.1 Å². The van der Waals surface area contributed by atoms with E-state index in [0.717, 1.165) is 38.5 Å². The molecule has 5 aliphatic carbocycles. The molecule has 0 radical (unpaired) electrons. The van der Waals surface area contributed by atoms with Crippen LogP contribution in [0.25, 0.3) is 0 Å². The molecule has 0 spiro atoms. The van der Waals surface area contributed by atoms with Gasteiger partial charge in [0.05, 0.1) is 16.5 Å². The number of esters is 2. The Morgan fingerprint density at radius 1 is 0.679 bits per heavy atom. The van der Waals surface area contributed by atoms with E-state index in [-0.39, 0.29) is 56.6 Å². The summed E-state index contributed by atoms with van der Waals surface area (Å²) >= 11 is 0. The molecule has 4 N–H and O–H groups in total. The van der Waals surface area contributed by atoms with Crippen molar-refractivity contribution in [1.29, 1.82) is 0 Å². The Balaban J connectivity index is 1.29. The van der Waals surface area contributed by atoms with Crippen LogP contribution in [-0.2, 0) is 14.3 Å². The number of carbonyl (C=O) groups excluding carboxylic acids is 2. The number of allylic oxidation sites excluding steroid dienone is 2. The van der Waals surface area contributed by atoms with Crippen LogP contribution in [0.5, 0.6) is 11.5 Å². The zero-order valence-electron chi connectivity index (χ0n) is 32.1. The smallest absolute Gasteiger partial charge is 0.338 e. The fourth-order valence-electron chi connectivity index (χ4n) is 12.8. The second-order valence-electron chi connectivity index (χ2n) is 19.1. The number of carboxylic acid groups (broad SMARTS) is 1. The van der Waals surface area contributed by atoms with Gasteiger partial charge in [0.15, 0.2) is 6.10 Å². The molecule has 0 bridgehead atoms. The van der Waals surface area contributed by atoms with Crippen molar-refractivity contribution in [2.45, 2.75) is 118 Å². The minimum absolute atomic E-state index is 0.00312. The molecule has 7 rings (SSSR count).